The molecule has 0 heterocycles. The van der Waals surface area contributed by atoms with Crippen molar-refractivity contribution in [3.8, 4) is 0 Å². The number of nitrogens with zero attached hydrogens (tertiary/aromatic N) is 2. The van der Waals surface area contributed by atoms with Gasteiger partial charge in [-0.15, -0.1) is 12.6 Å². The first kappa shape index (κ1) is 7.69. The molecule has 0 bridgehead atoms. The summed E-state index contributed by atoms with van der Waals surface area (Å²) in [6.07, 6.45) is 2.70. The van der Waals surface area contributed by atoms with Crippen LogP contribution in [0, 0.1) is 0 Å². The van der Waals surface area contributed by atoms with Crippen molar-refractivity contribution in [1.29, 1.82) is 0 Å². The van der Waals surface area contributed by atoms with Crippen LogP contribution in [0.15, 0.2) is 9.98 Å². The number of hydrogen-bond donors (Lipinski definition) is 1. The molecule has 0 saturated heterocycles. The van der Waals surface area contributed by atoms with E-state index in [1.165, 1.54) is 0 Å². The predicted molar refractivity (Wildman–Crippen MR) is 41.1 cm³/mol. The van der Waals surface area contributed by atoms with Crippen molar-refractivity contribution in [3.63, 3.8) is 0 Å². The average Bonchev–Trinajstić information content (AvgIpc) is 1.83. The molecule has 0 radical (unpaired) electrons. The summed E-state index contributed by atoms with van der Waals surface area (Å²) >= 11 is 3.92. The lowest BCUT2D eigenvalue weighted by molar-refractivity contribution is 1.32. The Morgan fingerprint density at radius 2 is 2.38 bits per heavy atom. The van der Waals surface area contributed by atoms with Crippen molar-refractivity contribution in [3.05, 3.63) is 0 Å². The Balaban J connectivity index is 3.53. The van der Waals surface area contributed by atoms with Gasteiger partial charge >= 0.3 is 0 Å². The van der Waals surface area contributed by atoms with E-state index < -0.39 is 0 Å². The van der Waals surface area contributed by atoms with Crippen molar-refractivity contribution in [1.82, 2.24) is 0 Å². The lowest BCUT2D eigenvalue weighted by Crippen LogP contribution is -1.79. The molecule has 46 valence electrons. The summed E-state index contributed by atoms with van der Waals surface area (Å²) in [6.45, 7) is 2.01. The first-order valence-corrected chi connectivity index (χ1v) is 2.94. The maximum absolute atomic E-state index is 3.92. The molecule has 2 nitrogen and oxygen atoms in total. The Labute approximate surface area is 55.1 Å². The highest BCUT2D eigenvalue weighted by molar-refractivity contribution is 7.96. The monoisotopic (exact) mass is 130 g/mol. The molecule has 0 aromatic heterocycles. The van der Waals surface area contributed by atoms with E-state index in [1.54, 1.807) is 13.3 Å². The van der Waals surface area contributed by atoms with Crippen LogP contribution in [0.5, 0.6) is 0 Å². The van der Waals surface area contributed by atoms with Crippen LogP contribution in [0.1, 0.15) is 13.3 Å². The molecule has 0 aromatic rings. The molecule has 0 aromatic carbocycles. The maximum atomic E-state index is 3.92. The number of thiol groups is 1. The van der Waals surface area contributed by atoms with E-state index in [1.807, 2.05) is 6.92 Å². The van der Waals surface area contributed by atoms with E-state index in [9.17, 15) is 0 Å². The molecule has 0 rings (SSSR count). The second kappa shape index (κ2) is 4.84. The summed E-state index contributed by atoms with van der Waals surface area (Å²) < 4.78 is 0. The van der Waals surface area contributed by atoms with Crippen LogP contribution in [-0.4, -0.2) is 18.4 Å². The minimum absolute atomic E-state index is 0.534. The van der Waals surface area contributed by atoms with E-state index in [0.29, 0.717) is 5.17 Å². The fourth-order valence-corrected chi connectivity index (χ4v) is 0.312. The van der Waals surface area contributed by atoms with Crippen LogP contribution in [0.4, 0.5) is 0 Å². The minimum Gasteiger partial charge on any atom is -0.264 e. The second-order valence-electron chi connectivity index (χ2n) is 1.24. The summed E-state index contributed by atoms with van der Waals surface area (Å²) in [5.74, 6) is 0. The molecule has 0 amide bonds. The van der Waals surface area contributed by atoms with E-state index >= 15 is 0 Å². The summed E-state index contributed by atoms with van der Waals surface area (Å²) in [7, 11) is 1.66. The van der Waals surface area contributed by atoms with Gasteiger partial charge in [0.05, 0.1) is 0 Å². The van der Waals surface area contributed by atoms with Crippen molar-refractivity contribution < 1.29 is 0 Å². The summed E-state index contributed by atoms with van der Waals surface area (Å²) in [6, 6.07) is 0. The lowest BCUT2D eigenvalue weighted by Gasteiger charge is -1.82. The zero-order valence-electron chi connectivity index (χ0n) is 5.13. The van der Waals surface area contributed by atoms with E-state index in [4.69, 9.17) is 0 Å². The zero-order valence-corrected chi connectivity index (χ0v) is 6.02. The largest absolute Gasteiger partial charge is 0.264 e. The number of hydrogen-bond acceptors (Lipinski definition) is 1. The SMILES string of the molecule is CC/C=N\C(S)=N/C. The van der Waals surface area contributed by atoms with Gasteiger partial charge in [-0.1, -0.05) is 6.92 Å². The molecule has 0 saturated carbocycles. The quantitative estimate of drug-likeness (QED) is 0.315. The smallest absolute Gasteiger partial charge is 0.179 e. The minimum atomic E-state index is 0.534. The Hall–Kier alpha value is -0.310. The van der Waals surface area contributed by atoms with Gasteiger partial charge in [0.2, 0.25) is 0 Å². The number of amidine groups is 1. The normalized spacial score (nSPS) is 13.1. The molecule has 0 aliphatic heterocycles. The Kier molecular flexibility index (Phi) is 4.65. The maximum Gasteiger partial charge on any atom is 0.179 e. The zero-order chi connectivity index (χ0) is 6.41. The fraction of sp³-hybridized carbons (Fsp3) is 0.600. The fourth-order valence-electron chi connectivity index (χ4n) is 0.231. The summed E-state index contributed by atoms with van der Waals surface area (Å²) in [5, 5.41) is 0.534. The topological polar surface area (TPSA) is 24.7 Å². The molecule has 0 aliphatic carbocycles. The van der Waals surface area contributed by atoms with Crippen LogP contribution in [0.25, 0.3) is 0 Å². The predicted octanol–water partition coefficient (Wildman–Crippen LogP) is 1.38. The Bertz CT molecular complexity index is 107. The second-order valence-corrected chi connectivity index (χ2v) is 1.64. The third-order valence-electron chi connectivity index (χ3n) is 0.589. The molecule has 0 fully saturated rings. The molecule has 0 unspecified atom stereocenters. The van der Waals surface area contributed by atoms with E-state index in [2.05, 4.69) is 22.6 Å². The van der Waals surface area contributed by atoms with Gasteiger partial charge in [-0.2, -0.15) is 0 Å². The molecule has 3 heteroatoms. The van der Waals surface area contributed by atoms with Crippen molar-refractivity contribution in [2.45, 2.75) is 13.3 Å². The van der Waals surface area contributed by atoms with Crippen LogP contribution >= 0.6 is 12.6 Å². The van der Waals surface area contributed by atoms with Gasteiger partial charge in [0.15, 0.2) is 5.17 Å². The molecular weight excluding hydrogens is 120 g/mol. The van der Waals surface area contributed by atoms with Crippen LogP contribution in [0.3, 0.4) is 0 Å². The Morgan fingerprint density at radius 3 is 2.75 bits per heavy atom. The first-order chi connectivity index (χ1) is 3.81. The molecule has 0 atom stereocenters. The highest BCUT2D eigenvalue weighted by Gasteiger charge is 1.76. The lowest BCUT2D eigenvalue weighted by atomic mass is 10.5. The highest BCUT2D eigenvalue weighted by atomic mass is 32.1. The van der Waals surface area contributed by atoms with Crippen LogP contribution in [0.2, 0.25) is 0 Å². The summed E-state index contributed by atoms with van der Waals surface area (Å²) in [5.41, 5.74) is 0. The van der Waals surface area contributed by atoms with Gasteiger partial charge in [0.25, 0.3) is 0 Å². The molecule has 8 heavy (non-hydrogen) atoms. The molecule has 0 N–H and O–H groups in total. The van der Waals surface area contributed by atoms with E-state index in [0.717, 1.165) is 6.42 Å². The van der Waals surface area contributed by atoms with Gasteiger partial charge < -0.3 is 0 Å². The molecule has 0 spiro atoms. The summed E-state index contributed by atoms with van der Waals surface area (Å²) in [4.78, 5) is 7.56. The Morgan fingerprint density at radius 1 is 1.75 bits per heavy atom. The van der Waals surface area contributed by atoms with E-state index in [-0.39, 0.29) is 0 Å². The van der Waals surface area contributed by atoms with Gasteiger partial charge in [-0.3, -0.25) is 4.99 Å². The third kappa shape index (κ3) is 3.87. The average molecular weight is 130 g/mol. The standard InChI is InChI=1S/C5H10N2S/c1-3-4-7-5(8)6-2/h4H,3H2,1-2H3,(H,6,8)/b7-4-. The van der Waals surface area contributed by atoms with Crippen LogP contribution in [-0.2, 0) is 0 Å². The third-order valence-corrected chi connectivity index (χ3v) is 0.905. The van der Waals surface area contributed by atoms with Gasteiger partial charge in [0, 0.05) is 13.3 Å². The first-order valence-electron chi connectivity index (χ1n) is 2.49. The van der Waals surface area contributed by atoms with Crippen molar-refractivity contribution in [2.75, 3.05) is 7.05 Å². The molecule has 0 aliphatic rings. The number of rotatable bonds is 1. The number of aliphatic imine (C=N–C) groups is 2. The van der Waals surface area contributed by atoms with Crippen molar-refractivity contribution in [2.24, 2.45) is 9.98 Å². The highest BCUT2D eigenvalue weighted by Crippen LogP contribution is 1.83. The van der Waals surface area contributed by atoms with Gasteiger partial charge in [0.1, 0.15) is 0 Å². The van der Waals surface area contributed by atoms with Gasteiger partial charge in [-0.05, 0) is 6.42 Å². The van der Waals surface area contributed by atoms with Crippen molar-refractivity contribution >= 4 is 24.0 Å². The van der Waals surface area contributed by atoms with Crippen LogP contribution < -0.4 is 0 Å². The molecular formula is C5H10N2S. The van der Waals surface area contributed by atoms with Gasteiger partial charge in [-0.25, -0.2) is 4.99 Å².